The van der Waals surface area contributed by atoms with Crippen LogP contribution in [0.4, 0.5) is 42.9 Å². The Balaban J connectivity index is 1.18. The predicted octanol–water partition coefficient (Wildman–Crippen LogP) is 20.9. The number of anilines is 6. The van der Waals surface area contributed by atoms with Crippen LogP contribution in [-0.2, 0) is 0 Å². The average Bonchev–Trinajstić information content (AvgIpc) is 0.762. The van der Waals surface area contributed by atoms with Crippen LogP contribution in [0, 0.1) is 67.0 Å². The largest absolute Gasteiger partial charge is 0.307 e. The predicted molar refractivity (Wildman–Crippen MR) is 319 cm³/mol. The van der Waals surface area contributed by atoms with Gasteiger partial charge in [0, 0.05) is 22.1 Å². The van der Waals surface area contributed by atoms with Crippen LogP contribution in [0.3, 0.4) is 0 Å². The molecule has 0 aromatic heterocycles. The van der Waals surface area contributed by atoms with Crippen molar-refractivity contribution >= 4 is 66.4 Å². The Bertz CT molecular complexity index is 4500. The molecule has 0 spiro atoms. The van der Waals surface area contributed by atoms with Crippen LogP contribution in [0.25, 0.3) is 76.8 Å². The van der Waals surface area contributed by atoms with Crippen molar-refractivity contribution < 1.29 is 22.5 Å². The topological polar surface area (TPSA) is 6.48 Å². The van der Waals surface area contributed by atoms with Crippen molar-refractivity contribution in [3.8, 4) is 44.5 Å². The first kappa shape index (κ1) is 37.8. The summed E-state index contributed by atoms with van der Waals surface area (Å²) in [7, 11) is 0. The minimum Gasteiger partial charge on any atom is -0.307 e. The minimum absolute atomic E-state index is 0.0884. The number of benzene rings is 12. The lowest BCUT2D eigenvalue weighted by molar-refractivity contribution is 0.629. The van der Waals surface area contributed by atoms with E-state index in [2.05, 4.69) is 0 Å². The van der Waals surface area contributed by atoms with E-state index < -0.39 is 72.1 Å². The zero-order chi connectivity index (χ0) is 61.2. The standard InChI is InChI=1S/C72H58F2N2/c1-43-19-27-55(47(5)35-43)61-39-65(73)69(41-63(61)57-29-21-45(3)37-49(57)7)75(53-15-11-9-12-16-53)67-33-25-51-24-32-60-68(34-26-52-23-31-59(67)71(51)72(52)60)76(54-17-13-10-14-18-54)70-42-64(58-30-22-46(4)38-50(58)8)62(40-66(70)74)56-28-20-44(2)36-48(56)6/h9-42H,1-8H3/i9D,10D,11D,12D,13D,14D,15D,16D,17D,18D. The summed E-state index contributed by atoms with van der Waals surface area (Å²) in [5.41, 5.74) is 13.2. The zero-order valence-electron chi connectivity index (χ0n) is 53.5. The van der Waals surface area contributed by atoms with E-state index in [0.29, 0.717) is 54.6 Å². The SMILES string of the molecule is [2H]c1c([2H])c([2H])c(N(c2cc(-c3ccc(C)cc3C)c(-c3ccc(C)cc3C)cc2F)c2ccc3ccc4c(N(c5cc(-c6ccc(C)cc6C)c(-c6ccc(C)cc6C)cc5F)c5c([2H])c([2H])c([2H])c([2H])c5[2H])ccc5ccc2c3c54)c([2H])c1[2H]. The molecule has 0 amide bonds. The lowest BCUT2D eigenvalue weighted by atomic mass is 9.88. The number of hydrogen-bond donors (Lipinski definition) is 0. The molecule has 0 atom stereocenters. The Kier molecular flexibility index (Phi) is 9.51. The van der Waals surface area contributed by atoms with Crippen molar-refractivity contribution in [2.75, 3.05) is 9.80 Å². The normalized spacial score (nSPS) is 13.4. The molecule has 0 aliphatic carbocycles. The number of halogens is 2. The van der Waals surface area contributed by atoms with Crippen LogP contribution >= 0.6 is 0 Å². The van der Waals surface area contributed by atoms with E-state index in [-0.39, 0.29) is 34.1 Å². The molecule has 12 aromatic carbocycles. The second kappa shape index (κ2) is 19.1. The second-order valence-corrected chi connectivity index (χ2v) is 20.2. The fourth-order valence-corrected chi connectivity index (χ4v) is 11.4. The summed E-state index contributed by atoms with van der Waals surface area (Å²) in [5, 5.41) is 3.62. The molecule has 0 aliphatic rings. The molecular formula is C72H58F2N2. The average molecular weight is 999 g/mol. The lowest BCUT2D eigenvalue weighted by Crippen LogP contribution is -2.14. The van der Waals surface area contributed by atoms with Gasteiger partial charge in [0.1, 0.15) is 11.6 Å². The van der Waals surface area contributed by atoms with Crippen molar-refractivity contribution in [2.24, 2.45) is 0 Å². The molecule has 0 heterocycles. The number of hydrogen-bond acceptors (Lipinski definition) is 2. The molecule has 0 unspecified atom stereocenters. The fourth-order valence-electron chi connectivity index (χ4n) is 11.4. The first-order valence-corrected chi connectivity index (χ1v) is 25.4. The Morgan fingerprint density at radius 1 is 0.303 bits per heavy atom. The van der Waals surface area contributed by atoms with Gasteiger partial charge in [-0.25, -0.2) is 8.78 Å². The number of nitrogens with zero attached hydrogens (tertiary/aromatic N) is 2. The minimum atomic E-state index is -0.728. The monoisotopic (exact) mass is 999 g/mol. The van der Waals surface area contributed by atoms with Crippen molar-refractivity contribution in [1.82, 2.24) is 0 Å². The van der Waals surface area contributed by atoms with Gasteiger partial charge in [0.05, 0.1) is 36.5 Å². The first-order valence-electron chi connectivity index (χ1n) is 30.4. The van der Waals surface area contributed by atoms with Crippen LogP contribution in [0.5, 0.6) is 0 Å². The molecule has 370 valence electrons. The van der Waals surface area contributed by atoms with E-state index in [1.165, 1.54) is 21.9 Å². The Labute approximate surface area is 459 Å². The Morgan fingerprint density at radius 2 is 0.605 bits per heavy atom. The van der Waals surface area contributed by atoms with Crippen molar-refractivity contribution in [3.63, 3.8) is 0 Å². The summed E-state index contributed by atoms with van der Waals surface area (Å²) in [6.45, 7) is 15.9. The maximum Gasteiger partial charge on any atom is 0.147 e. The molecule has 12 aromatic rings. The van der Waals surface area contributed by atoms with Crippen LogP contribution in [0.2, 0.25) is 0 Å². The van der Waals surface area contributed by atoms with E-state index >= 15 is 8.78 Å². The number of rotatable bonds is 10. The van der Waals surface area contributed by atoms with E-state index in [1.807, 2.05) is 165 Å². The molecule has 0 N–H and O–H groups in total. The van der Waals surface area contributed by atoms with Gasteiger partial charge >= 0.3 is 0 Å². The van der Waals surface area contributed by atoms with Gasteiger partial charge in [-0.15, -0.1) is 0 Å². The molecular weight excluding hydrogens is 931 g/mol. The third-order valence-electron chi connectivity index (χ3n) is 14.9. The van der Waals surface area contributed by atoms with Gasteiger partial charge in [-0.05, 0) is 204 Å². The van der Waals surface area contributed by atoms with Crippen molar-refractivity contribution in [1.29, 1.82) is 0 Å². The quantitative estimate of drug-likeness (QED) is 0.126. The van der Waals surface area contributed by atoms with Gasteiger partial charge < -0.3 is 9.80 Å². The highest BCUT2D eigenvalue weighted by Gasteiger charge is 2.27. The first-order chi connectivity index (χ1) is 40.9. The van der Waals surface area contributed by atoms with E-state index in [9.17, 15) is 5.48 Å². The summed E-state index contributed by atoms with van der Waals surface area (Å²) in [6, 6.07) is 39.0. The highest BCUT2D eigenvalue weighted by molar-refractivity contribution is 6.28. The molecule has 0 bridgehead atoms. The summed E-state index contributed by atoms with van der Waals surface area (Å²) in [4.78, 5) is 2.84. The van der Waals surface area contributed by atoms with Crippen molar-refractivity contribution in [2.45, 2.75) is 55.4 Å². The molecule has 2 nitrogen and oxygen atoms in total. The summed E-state index contributed by atoms with van der Waals surface area (Å²) < 4.78 is 128. The molecule has 4 heteroatoms. The Morgan fingerprint density at radius 3 is 0.921 bits per heavy atom. The molecule has 0 aliphatic heterocycles. The van der Waals surface area contributed by atoms with Gasteiger partial charge in [0.2, 0.25) is 0 Å². The molecule has 0 radical (unpaired) electrons. The van der Waals surface area contributed by atoms with E-state index in [4.69, 9.17) is 8.22 Å². The smallest absolute Gasteiger partial charge is 0.147 e. The lowest BCUT2D eigenvalue weighted by Gasteiger charge is -2.30. The summed E-state index contributed by atoms with van der Waals surface area (Å²) in [5.74, 6) is -1.46. The van der Waals surface area contributed by atoms with Crippen LogP contribution in [-0.4, -0.2) is 0 Å². The van der Waals surface area contributed by atoms with Gasteiger partial charge in [-0.1, -0.05) is 168 Å². The van der Waals surface area contributed by atoms with E-state index in [1.54, 1.807) is 24.3 Å². The van der Waals surface area contributed by atoms with Gasteiger partial charge in [0.25, 0.3) is 0 Å². The van der Waals surface area contributed by atoms with E-state index in [0.717, 1.165) is 66.8 Å². The molecule has 0 saturated carbocycles. The molecule has 12 rings (SSSR count). The van der Waals surface area contributed by atoms with Crippen LogP contribution < -0.4 is 9.80 Å². The van der Waals surface area contributed by atoms with Gasteiger partial charge in [-0.3, -0.25) is 0 Å². The number of aryl methyl sites for hydroxylation is 8. The summed E-state index contributed by atoms with van der Waals surface area (Å²) >= 11 is 0. The van der Waals surface area contributed by atoms with Crippen LogP contribution in [0.15, 0.2) is 206 Å². The third-order valence-corrected chi connectivity index (χ3v) is 14.9. The highest BCUT2D eigenvalue weighted by atomic mass is 19.1. The second-order valence-electron chi connectivity index (χ2n) is 20.2. The van der Waals surface area contributed by atoms with Gasteiger partial charge in [0.15, 0.2) is 0 Å². The number of para-hydroxylation sites is 2. The van der Waals surface area contributed by atoms with Gasteiger partial charge in [-0.2, -0.15) is 0 Å². The summed E-state index contributed by atoms with van der Waals surface area (Å²) in [6.07, 6.45) is 0. The molecule has 76 heavy (non-hydrogen) atoms. The maximum absolute atomic E-state index is 18.1. The zero-order valence-corrected chi connectivity index (χ0v) is 43.5. The van der Waals surface area contributed by atoms with Crippen molar-refractivity contribution in [3.05, 3.63) is 262 Å². The Hall–Kier alpha value is -8.86. The van der Waals surface area contributed by atoms with Crippen LogP contribution in [0.1, 0.15) is 58.2 Å². The fraction of sp³-hybridized carbons (Fsp3) is 0.111. The maximum atomic E-state index is 18.1. The highest BCUT2D eigenvalue weighted by Crippen LogP contribution is 2.51. The third kappa shape index (κ3) is 8.35. The molecule has 0 fully saturated rings. The molecule has 0 saturated heterocycles.